The average Bonchev–Trinajstić information content (AvgIpc) is 3.04. The van der Waals surface area contributed by atoms with Crippen LogP contribution in [0.3, 0.4) is 0 Å². The molecule has 2 heterocycles. The molecule has 24 heavy (non-hydrogen) atoms. The zero-order valence-electron chi connectivity index (χ0n) is 13.5. The van der Waals surface area contributed by atoms with E-state index in [0.717, 1.165) is 27.9 Å². The topological polar surface area (TPSA) is 80.0 Å². The van der Waals surface area contributed by atoms with Gasteiger partial charge in [-0.05, 0) is 24.1 Å². The molecule has 0 fully saturated rings. The summed E-state index contributed by atoms with van der Waals surface area (Å²) < 4.78 is 1.70. The van der Waals surface area contributed by atoms with E-state index in [1.54, 1.807) is 16.9 Å². The fraction of sp³-hybridized carbons (Fsp3) is 0.278. The van der Waals surface area contributed by atoms with E-state index in [4.69, 9.17) is 0 Å². The number of rotatable bonds is 2. The monoisotopic (exact) mass is 322 g/mol. The van der Waals surface area contributed by atoms with Crippen molar-refractivity contribution in [3.63, 3.8) is 0 Å². The first-order chi connectivity index (χ1) is 11.5. The number of nitrogens with one attached hydrogen (secondary N) is 1. The molecule has 2 aromatic heterocycles. The average molecular weight is 322 g/mol. The van der Waals surface area contributed by atoms with Gasteiger partial charge in [-0.25, -0.2) is 4.98 Å². The summed E-state index contributed by atoms with van der Waals surface area (Å²) in [6.45, 7) is 1.89. The molecule has 122 valence electrons. The number of aryl methyl sites for hydroxylation is 2. The lowest BCUT2D eigenvalue weighted by Crippen LogP contribution is -2.33. The molecule has 6 nitrogen and oxygen atoms in total. The molecule has 2 N–H and O–H groups in total. The minimum absolute atomic E-state index is 0.242. The summed E-state index contributed by atoms with van der Waals surface area (Å²) in [5.74, 6) is -0.242. The Morgan fingerprint density at radius 3 is 3.00 bits per heavy atom. The number of carbonyl (C=O) groups excluding carboxylic acids is 1. The smallest absolute Gasteiger partial charge is 0.253 e. The van der Waals surface area contributed by atoms with Gasteiger partial charge in [0, 0.05) is 25.1 Å². The molecule has 2 unspecified atom stereocenters. The van der Waals surface area contributed by atoms with Gasteiger partial charge in [0.1, 0.15) is 0 Å². The highest BCUT2D eigenvalue weighted by Crippen LogP contribution is 2.31. The summed E-state index contributed by atoms with van der Waals surface area (Å²) in [5, 5.41) is 18.4. The second-order valence-corrected chi connectivity index (χ2v) is 6.23. The fourth-order valence-corrected chi connectivity index (χ4v) is 3.40. The molecule has 0 bridgehead atoms. The number of nitrogens with zero attached hydrogens (tertiary/aromatic N) is 3. The molecule has 1 aliphatic carbocycles. The lowest BCUT2D eigenvalue weighted by Gasteiger charge is -2.18. The van der Waals surface area contributed by atoms with Gasteiger partial charge in [0.05, 0.1) is 23.4 Å². The van der Waals surface area contributed by atoms with Gasteiger partial charge in [-0.2, -0.15) is 5.10 Å². The number of carbonyl (C=O) groups is 1. The normalized spacial score (nSPS) is 19.5. The quantitative estimate of drug-likeness (QED) is 0.752. The van der Waals surface area contributed by atoms with Crippen LogP contribution in [0.5, 0.6) is 0 Å². The van der Waals surface area contributed by atoms with Gasteiger partial charge in [0.15, 0.2) is 5.65 Å². The Kier molecular flexibility index (Phi) is 3.35. The van der Waals surface area contributed by atoms with Crippen LogP contribution in [0.1, 0.15) is 33.2 Å². The number of hydrogen-bond donors (Lipinski definition) is 2. The second kappa shape index (κ2) is 5.42. The molecule has 0 saturated carbocycles. The molecule has 1 amide bonds. The molecule has 0 aliphatic heterocycles. The van der Waals surface area contributed by atoms with Gasteiger partial charge < -0.3 is 10.4 Å². The number of amides is 1. The largest absolute Gasteiger partial charge is 0.390 e. The molecular weight excluding hydrogens is 304 g/mol. The van der Waals surface area contributed by atoms with Crippen molar-refractivity contribution in [3.05, 3.63) is 58.9 Å². The van der Waals surface area contributed by atoms with Crippen molar-refractivity contribution in [2.75, 3.05) is 0 Å². The predicted octanol–water partition coefficient (Wildman–Crippen LogP) is 1.66. The van der Waals surface area contributed by atoms with E-state index in [0.29, 0.717) is 12.0 Å². The van der Waals surface area contributed by atoms with Crippen molar-refractivity contribution in [3.8, 4) is 0 Å². The van der Waals surface area contributed by atoms with E-state index >= 15 is 0 Å². The molecule has 0 saturated heterocycles. The Hall–Kier alpha value is -2.73. The molecule has 6 heteroatoms. The zero-order chi connectivity index (χ0) is 16.8. The van der Waals surface area contributed by atoms with Crippen LogP contribution in [0.25, 0.3) is 11.0 Å². The summed E-state index contributed by atoms with van der Waals surface area (Å²) >= 11 is 0. The fourth-order valence-electron chi connectivity index (χ4n) is 3.40. The van der Waals surface area contributed by atoms with Crippen molar-refractivity contribution in [2.24, 2.45) is 7.05 Å². The summed E-state index contributed by atoms with van der Waals surface area (Å²) in [4.78, 5) is 17.0. The van der Waals surface area contributed by atoms with Gasteiger partial charge in [0.2, 0.25) is 0 Å². The number of aliphatic hydroxyl groups is 1. The van der Waals surface area contributed by atoms with Crippen LogP contribution in [-0.4, -0.2) is 31.9 Å². The van der Waals surface area contributed by atoms with E-state index in [-0.39, 0.29) is 11.9 Å². The Labute approximate surface area is 139 Å². The summed E-state index contributed by atoms with van der Waals surface area (Å²) in [5.41, 5.74) is 4.10. The van der Waals surface area contributed by atoms with E-state index < -0.39 is 6.10 Å². The standard InChI is InChI=1S/C18H18N4O2/c1-10-14-7-12(9-19-17(14)22(2)21-10)18(24)20-16-13-6-4-3-5-11(13)8-15(16)23/h3-7,9,15-16,23H,8H2,1-2H3,(H,20,24). The third-order valence-corrected chi connectivity index (χ3v) is 4.62. The summed E-state index contributed by atoms with van der Waals surface area (Å²) in [6.07, 6.45) is 1.50. The highest BCUT2D eigenvalue weighted by Gasteiger charge is 2.32. The van der Waals surface area contributed by atoms with Crippen molar-refractivity contribution < 1.29 is 9.90 Å². The van der Waals surface area contributed by atoms with Gasteiger partial charge in [-0.1, -0.05) is 24.3 Å². The number of aromatic nitrogens is 3. The minimum atomic E-state index is -0.608. The first-order valence-electron chi connectivity index (χ1n) is 7.90. The Balaban J connectivity index is 1.64. The maximum absolute atomic E-state index is 12.6. The highest BCUT2D eigenvalue weighted by atomic mass is 16.3. The third-order valence-electron chi connectivity index (χ3n) is 4.62. The van der Waals surface area contributed by atoms with E-state index in [1.807, 2.05) is 38.2 Å². The number of pyridine rings is 1. The zero-order valence-corrected chi connectivity index (χ0v) is 13.5. The lowest BCUT2D eigenvalue weighted by molar-refractivity contribution is 0.0858. The van der Waals surface area contributed by atoms with Crippen molar-refractivity contribution in [1.29, 1.82) is 0 Å². The molecule has 1 aromatic carbocycles. The molecule has 1 aliphatic rings. The van der Waals surface area contributed by atoms with Gasteiger partial charge >= 0.3 is 0 Å². The summed E-state index contributed by atoms with van der Waals surface area (Å²) in [6, 6.07) is 9.20. The number of aliphatic hydroxyl groups excluding tert-OH is 1. The SMILES string of the molecule is Cc1nn(C)c2ncc(C(=O)NC3c4ccccc4CC3O)cc12. The molecule has 0 radical (unpaired) electrons. The number of benzene rings is 1. The highest BCUT2D eigenvalue weighted by molar-refractivity contribution is 5.97. The maximum Gasteiger partial charge on any atom is 0.253 e. The maximum atomic E-state index is 12.6. The van der Waals surface area contributed by atoms with Crippen LogP contribution in [-0.2, 0) is 13.5 Å². The van der Waals surface area contributed by atoms with E-state index in [1.165, 1.54) is 0 Å². The van der Waals surface area contributed by atoms with Gasteiger partial charge in [0.25, 0.3) is 5.91 Å². The van der Waals surface area contributed by atoms with Crippen LogP contribution in [0.15, 0.2) is 36.5 Å². The van der Waals surface area contributed by atoms with E-state index in [2.05, 4.69) is 15.4 Å². The molecule has 0 spiro atoms. The van der Waals surface area contributed by atoms with Crippen molar-refractivity contribution in [1.82, 2.24) is 20.1 Å². The number of fused-ring (bicyclic) bond motifs is 2. The number of hydrogen-bond acceptors (Lipinski definition) is 4. The predicted molar refractivity (Wildman–Crippen MR) is 89.6 cm³/mol. The molecule has 4 rings (SSSR count). The Bertz CT molecular complexity index is 947. The van der Waals surface area contributed by atoms with Crippen LogP contribution in [0.4, 0.5) is 0 Å². The van der Waals surface area contributed by atoms with Crippen molar-refractivity contribution >= 4 is 16.9 Å². The summed E-state index contributed by atoms with van der Waals surface area (Å²) in [7, 11) is 1.83. The van der Waals surface area contributed by atoms with Crippen molar-refractivity contribution in [2.45, 2.75) is 25.5 Å². The van der Waals surface area contributed by atoms with Crippen LogP contribution in [0, 0.1) is 6.92 Å². The van der Waals surface area contributed by atoms with Gasteiger partial charge in [-0.15, -0.1) is 0 Å². The lowest BCUT2D eigenvalue weighted by atomic mass is 10.1. The second-order valence-electron chi connectivity index (χ2n) is 6.23. The molecule has 2 atom stereocenters. The van der Waals surface area contributed by atoms with Crippen LogP contribution in [0.2, 0.25) is 0 Å². The van der Waals surface area contributed by atoms with Crippen LogP contribution >= 0.6 is 0 Å². The molecule has 3 aromatic rings. The Morgan fingerprint density at radius 1 is 1.38 bits per heavy atom. The van der Waals surface area contributed by atoms with E-state index in [9.17, 15) is 9.90 Å². The Morgan fingerprint density at radius 2 is 2.17 bits per heavy atom. The third kappa shape index (κ3) is 2.27. The van der Waals surface area contributed by atoms with Gasteiger partial charge in [-0.3, -0.25) is 9.48 Å². The first-order valence-corrected chi connectivity index (χ1v) is 7.90. The van der Waals surface area contributed by atoms with Crippen LogP contribution < -0.4 is 5.32 Å². The minimum Gasteiger partial charge on any atom is -0.390 e. The molecular formula is C18H18N4O2. The first kappa shape index (κ1) is 14.8.